The first-order valence-electron chi connectivity index (χ1n) is 7.97. The summed E-state index contributed by atoms with van der Waals surface area (Å²) < 4.78 is 0. The molecule has 0 saturated carbocycles. The van der Waals surface area contributed by atoms with Gasteiger partial charge in [-0.05, 0) is 30.0 Å². The van der Waals surface area contributed by atoms with Crippen LogP contribution in [0.1, 0.15) is 11.5 Å². The molecule has 0 aromatic heterocycles. The Bertz CT molecular complexity index is 931. The van der Waals surface area contributed by atoms with Gasteiger partial charge in [-0.25, -0.2) is 0 Å². The minimum Gasteiger partial charge on any atom is -0.393 e. The minimum absolute atomic E-state index is 0.144. The van der Waals surface area contributed by atoms with Crippen LogP contribution in [0.4, 0.5) is 5.69 Å². The molecule has 2 atom stereocenters. The maximum Gasteiger partial charge on any atom is 0.242 e. The van der Waals surface area contributed by atoms with Gasteiger partial charge in [0.2, 0.25) is 5.91 Å². The number of allylic oxidation sites excluding steroid dienone is 1. The van der Waals surface area contributed by atoms with Gasteiger partial charge in [0.05, 0.1) is 22.7 Å². The van der Waals surface area contributed by atoms with E-state index in [-0.39, 0.29) is 10.6 Å². The van der Waals surface area contributed by atoms with E-state index in [1.54, 1.807) is 54.8 Å². The predicted octanol–water partition coefficient (Wildman–Crippen LogP) is 4.26. The third-order valence-electron chi connectivity index (χ3n) is 3.95. The smallest absolute Gasteiger partial charge is 0.242 e. The van der Waals surface area contributed by atoms with E-state index in [1.807, 2.05) is 12.1 Å². The number of carbonyl (C=O) groups is 1. The lowest BCUT2D eigenvalue weighted by Crippen LogP contribution is -2.29. The van der Waals surface area contributed by atoms with Gasteiger partial charge in [0.15, 0.2) is 0 Å². The highest BCUT2D eigenvalue weighted by Crippen LogP contribution is 2.38. The molecule has 5 nitrogen and oxygen atoms in total. The third kappa shape index (κ3) is 4.83. The molecule has 1 amide bonds. The largest absolute Gasteiger partial charge is 0.393 e. The molecular weight excluding hydrogens is 380 g/mol. The number of hydrogen-bond acceptors (Lipinski definition) is 5. The Hall–Kier alpha value is -2.93. The van der Waals surface area contributed by atoms with Crippen molar-refractivity contribution in [2.75, 3.05) is 11.6 Å². The van der Waals surface area contributed by atoms with Gasteiger partial charge in [0.25, 0.3) is 0 Å². The summed E-state index contributed by atoms with van der Waals surface area (Å²) in [7, 11) is 0. The summed E-state index contributed by atoms with van der Waals surface area (Å²) in [5.41, 5.74) is 7.20. The van der Waals surface area contributed by atoms with Crippen molar-refractivity contribution in [3.05, 3.63) is 75.8 Å². The first-order valence-corrected chi connectivity index (χ1v) is 9.57. The first kappa shape index (κ1) is 20.4. The minimum atomic E-state index is -1.19. The van der Waals surface area contributed by atoms with Gasteiger partial charge in [-0.2, -0.15) is 10.5 Å². The maximum atomic E-state index is 12.8. The normalized spacial score (nSPS) is 13.5. The zero-order valence-electron chi connectivity index (χ0n) is 14.5. The molecule has 0 fully saturated rings. The maximum absolute atomic E-state index is 12.8. The van der Waals surface area contributed by atoms with Crippen molar-refractivity contribution in [1.29, 1.82) is 10.5 Å². The summed E-state index contributed by atoms with van der Waals surface area (Å²) in [6, 6.07) is 19.7. The molecule has 27 heavy (non-hydrogen) atoms. The van der Waals surface area contributed by atoms with Crippen molar-refractivity contribution in [1.82, 2.24) is 0 Å². The van der Waals surface area contributed by atoms with Gasteiger partial charge in [-0.3, -0.25) is 4.79 Å². The SMILES string of the molecule is CSC(N)=C(C#N)C(c1ccccc1Cl)C(C#N)C(=O)Nc1ccccc1. The van der Waals surface area contributed by atoms with Gasteiger partial charge in [-0.1, -0.05) is 48.0 Å². The number of nitriles is 2. The number of thioether (sulfide) groups is 1. The number of para-hydroxylation sites is 1. The van der Waals surface area contributed by atoms with Crippen LogP contribution in [0.5, 0.6) is 0 Å². The number of nitrogens with two attached hydrogens (primary N) is 1. The third-order valence-corrected chi connectivity index (χ3v) is 4.96. The Morgan fingerprint density at radius 3 is 2.33 bits per heavy atom. The molecule has 3 N–H and O–H groups in total. The molecule has 0 bridgehead atoms. The number of carbonyl (C=O) groups excluding carboxylic acids is 1. The molecule has 0 radical (unpaired) electrons. The van der Waals surface area contributed by atoms with Crippen LogP contribution in [-0.4, -0.2) is 12.2 Å². The Labute approximate surface area is 167 Å². The molecule has 7 heteroatoms. The highest BCUT2D eigenvalue weighted by molar-refractivity contribution is 8.02. The van der Waals surface area contributed by atoms with Crippen molar-refractivity contribution in [3.8, 4) is 12.1 Å². The fraction of sp³-hybridized carbons (Fsp3) is 0.150. The van der Waals surface area contributed by atoms with Crippen LogP contribution in [0.15, 0.2) is 65.2 Å². The highest BCUT2D eigenvalue weighted by atomic mass is 35.5. The molecule has 0 aliphatic carbocycles. The average molecular weight is 397 g/mol. The molecule has 0 saturated heterocycles. The standard InChI is InChI=1S/C20H17ClN4OS/c1-27-19(24)15(11-22)18(14-9-5-6-10-17(14)21)16(12-23)20(26)25-13-7-3-2-4-8-13/h2-10,16,18H,24H2,1H3,(H,25,26). The Kier molecular flexibility index (Phi) is 7.31. The van der Waals surface area contributed by atoms with Crippen molar-refractivity contribution in [3.63, 3.8) is 0 Å². The van der Waals surface area contributed by atoms with Crippen molar-refractivity contribution < 1.29 is 4.79 Å². The van der Waals surface area contributed by atoms with Crippen LogP contribution in [0.2, 0.25) is 5.02 Å². The number of anilines is 1. The summed E-state index contributed by atoms with van der Waals surface area (Å²) in [6.07, 6.45) is 1.72. The van der Waals surface area contributed by atoms with Gasteiger partial charge >= 0.3 is 0 Å². The fourth-order valence-electron chi connectivity index (χ4n) is 2.64. The van der Waals surface area contributed by atoms with Crippen LogP contribution in [0.3, 0.4) is 0 Å². The summed E-state index contributed by atoms with van der Waals surface area (Å²) in [6.45, 7) is 0. The molecule has 136 valence electrons. The lowest BCUT2D eigenvalue weighted by atomic mass is 9.81. The molecule has 2 rings (SSSR count). The molecule has 2 aromatic rings. The van der Waals surface area contributed by atoms with Gasteiger partial charge in [0.1, 0.15) is 5.92 Å². The van der Waals surface area contributed by atoms with Gasteiger partial charge in [0, 0.05) is 16.6 Å². The number of nitrogens with zero attached hydrogens (tertiary/aromatic N) is 2. The summed E-state index contributed by atoms with van der Waals surface area (Å²) in [5, 5.41) is 22.8. The number of halogens is 1. The lowest BCUT2D eigenvalue weighted by molar-refractivity contribution is -0.118. The Morgan fingerprint density at radius 1 is 1.15 bits per heavy atom. The van der Waals surface area contributed by atoms with Crippen LogP contribution in [0, 0.1) is 28.6 Å². The molecule has 0 spiro atoms. The summed E-state index contributed by atoms with van der Waals surface area (Å²) in [5.74, 6) is -2.61. The van der Waals surface area contributed by atoms with E-state index in [1.165, 1.54) is 11.8 Å². The van der Waals surface area contributed by atoms with Crippen molar-refractivity contribution in [2.24, 2.45) is 11.7 Å². The van der Waals surface area contributed by atoms with Crippen molar-refractivity contribution in [2.45, 2.75) is 5.92 Å². The number of benzene rings is 2. The zero-order chi connectivity index (χ0) is 19.8. The second-order valence-corrected chi connectivity index (χ2v) is 6.81. The molecular formula is C20H17ClN4OS. The first-order chi connectivity index (χ1) is 13.0. The summed E-state index contributed by atoms with van der Waals surface area (Å²) >= 11 is 7.49. The topological polar surface area (TPSA) is 103 Å². The lowest BCUT2D eigenvalue weighted by Gasteiger charge is -2.23. The highest BCUT2D eigenvalue weighted by Gasteiger charge is 2.35. The van der Waals surface area contributed by atoms with E-state index in [4.69, 9.17) is 17.3 Å². The van der Waals surface area contributed by atoms with E-state index in [0.717, 1.165) is 0 Å². The molecule has 0 aliphatic heterocycles. The van der Waals surface area contributed by atoms with Crippen LogP contribution in [-0.2, 0) is 4.79 Å². The van der Waals surface area contributed by atoms with E-state index >= 15 is 0 Å². The van der Waals surface area contributed by atoms with E-state index in [0.29, 0.717) is 16.3 Å². The quantitative estimate of drug-likeness (QED) is 0.710. The fourth-order valence-corrected chi connectivity index (χ4v) is 3.29. The number of hydrogen-bond donors (Lipinski definition) is 2. The number of nitrogens with one attached hydrogen (secondary N) is 1. The molecule has 2 unspecified atom stereocenters. The second kappa shape index (κ2) is 9.68. The van der Waals surface area contributed by atoms with Crippen LogP contribution in [0.25, 0.3) is 0 Å². The van der Waals surface area contributed by atoms with E-state index < -0.39 is 17.7 Å². The molecule has 2 aromatic carbocycles. The van der Waals surface area contributed by atoms with Crippen LogP contribution >= 0.6 is 23.4 Å². The Balaban J connectivity index is 2.54. The van der Waals surface area contributed by atoms with E-state index in [9.17, 15) is 15.3 Å². The molecule has 0 aliphatic rings. The predicted molar refractivity (Wildman–Crippen MR) is 109 cm³/mol. The zero-order valence-corrected chi connectivity index (χ0v) is 16.1. The van der Waals surface area contributed by atoms with Gasteiger partial charge < -0.3 is 11.1 Å². The molecule has 0 heterocycles. The Morgan fingerprint density at radius 2 is 1.78 bits per heavy atom. The van der Waals surface area contributed by atoms with Gasteiger partial charge in [-0.15, -0.1) is 11.8 Å². The van der Waals surface area contributed by atoms with Crippen LogP contribution < -0.4 is 11.1 Å². The van der Waals surface area contributed by atoms with E-state index in [2.05, 4.69) is 11.4 Å². The average Bonchev–Trinajstić information content (AvgIpc) is 2.69. The number of rotatable bonds is 6. The monoisotopic (exact) mass is 396 g/mol. The van der Waals surface area contributed by atoms with Crippen molar-refractivity contribution >= 4 is 35.0 Å². The summed E-state index contributed by atoms with van der Waals surface area (Å²) in [4.78, 5) is 12.8. The number of amides is 1. The second-order valence-electron chi connectivity index (χ2n) is 5.56.